The molecular weight excluding hydrogens is 273 g/mol. The van der Waals surface area contributed by atoms with E-state index in [4.69, 9.17) is 4.74 Å². The number of piperidine rings is 1. The SMILES string of the molecule is COC(=O)C1C(O)CCCN1C/C=C/c1ccc(F)cc1. The summed E-state index contributed by atoms with van der Waals surface area (Å²) in [6.07, 6.45) is 4.54. The molecule has 1 aliphatic rings. The highest BCUT2D eigenvalue weighted by atomic mass is 19.1. The Morgan fingerprint density at radius 1 is 1.48 bits per heavy atom. The molecule has 0 spiro atoms. The van der Waals surface area contributed by atoms with Gasteiger partial charge in [-0.05, 0) is 37.1 Å². The highest BCUT2D eigenvalue weighted by Gasteiger charge is 2.35. The maximum Gasteiger partial charge on any atom is 0.325 e. The lowest BCUT2D eigenvalue weighted by atomic mass is 9.99. The number of benzene rings is 1. The first-order valence-corrected chi connectivity index (χ1v) is 7.04. The quantitative estimate of drug-likeness (QED) is 0.861. The van der Waals surface area contributed by atoms with Gasteiger partial charge in [0, 0.05) is 6.54 Å². The molecule has 0 aliphatic carbocycles. The molecular formula is C16H20FNO3. The van der Waals surface area contributed by atoms with E-state index in [-0.39, 0.29) is 5.82 Å². The van der Waals surface area contributed by atoms with Gasteiger partial charge in [0.05, 0.1) is 13.2 Å². The molecule has 5 heteroatoms. The van der Waals surface area contributed by atoms with Crippen molar-refractivity contribution in [2.45, 2.75) is 25.0 Å². The van der Waals surface area contributed by atoms with Gasteiger partial charge in [0.1, 0.15) is 11.9 Å². The van der Waals surface area contributed by atoms with E-state index in [9.17, 15) is 14.3 Å². The number of hydrogen-bond donors (Lipinski definition) is 1. The van der Waals surface area contributed by atoms with E-state index in [1.165, 1.54) is 19.2 Å². The average molecular weight is 293 g/mol. The summed E-state index contributed by atoms with van der Waals surface area (Å²) >= 11 is 0. The highest BCUT2D eigenvalue weighted by molar-refractivity contribution is 5.76. The molecule has 0 saturated carbocycles. The summed E-state index contributed by atoms with van der Waals surface area (Å²) in [6, 6.07) is 5.58. The monoisotopic (exact) mass is 293 g/mol. The van der Waals surface area contributed by atoms with Crippen molar-refractivity contribution in [2.24, 2.45) is 0 Å². The number of carbonyl (C=O) groups is 1. The molecule has 1 saturated heterocycles. The molecule has 114 valence electrons. The molecule has 1 aromatic carbocycles. The Morgan fingerprint density at radius 2 is 2.19 bits per heavy atom. The van der Waals surface area contributed by atoms with E-state index >= 15 is 0 Å². The van der Waals surface area contributed by atoms with Gasteiger partial charge in [0.15, 0.2) is 0 Å². The largest absolute Gasteiger partial charge is 0.468 e. The lowest BCUT2D eigenvalue weighted by Crippen LogP contribution is -2.53. The molecule has 1 aliphatic heterocycles. The lowest BCUT2D eigenvalue weighted by molar-refractivity contribution is -0.153. The van der Waals surface area contributed by atoms with Crippen LogP contribution in [-0.4, -0.2) is 48.3 Å². The number of halogens is 1. The van der Waals surface area contributed by atoms with Crippen LogP contribution in [0.5, 0.6) is 0 Å². The maximum atomic E-state index is 12.8. The number of nitrogens with zero attached hydrogens (tertiary/aromatic N) is 1. The molecule has 2 unspecified atom stereocenters. The van der Waals surface area contributed by atoms with E-state index in [0.717, 1.165) is 18.5 Å². The summed E-state index contributed by atoms with van der Waals surface area (Å²) < 4.78 is 17.6. The van der Waals surface area contributed by atoms with Gasteiger partial charge in [-0.3, -0.25) is 9.69 Å². The van der Waals surface area contributed by atoms with Crippen LogP contribution in [0.4, 0.5) is 4.39 Å². The Balaban J connectivity index is 1.99. The van der Waals surface area contributed by atoms with Crippen LogP contribution >= 0.6 is 0 Å². The minimum absolute atomic E-state index is 0.267. The molecule has 0 amide bonds. The summed E-state index contributed by atoms with van der Waals surface area (Å²) in [5, 5.41) is 9.98. The second-order valence-corrected chi connectivity index (χ2v) is 5.13. The summed E-state index contributed by atoms with van der Waals surface area (Å²) in [6.45, 7) is 1.28. The van der Waals surface area contributed by atoms with E-state index in [1.807, 2.05) is 17.1 Å². The number of likely N-dealkylation sites (tertiary alicyclic amines) is 1. The van der Waals surface area contributed by atoms with Crippen molar-refractivity contribution in [3.63, 3.8) is 0 Å². The Bertz CT molecular complexity index is 501. The number of aliphatic hydroxyl groups is 1. The fraction of sp³-hybridized carbons (Fsp3) is 0.438. The Morgan fingerprint density at radius 3 is 2.86 bits per heavy atom. The molecule has 0 bridgehead atoms. The number of carbonyl (C=O) groups excluding carboxylic acids is 1. The molecule has 2 rings (SSSR count). The van der Waals surface area contributed by atoms with Gasteiger partial charge in [-0.15, -0.1) is 0 Å². The maximum absolute atomic E-state index is 12.8. The molecule has 21 heavy (non-hydrogen) atoms. The minimum atomic E-state index is -0.689. The molecule has 1 fully saturated rings. The van der Waals surface area contributed by atoms with Crippen LogP contribution in [0, 0.1) is 5.82 Å². The van der Waals surface area contributed by atoms with Gasteiger partial charge < -0.3 is 9.84 Å². The number of hydrogen-bond acceptors (Lipinski definition) is 4. The number of ether oxygens (including phenoxy) is 1. The van der Waals surface area contributed by atoms with Crippen LogP contribution < -0.4 is 0 Å². The van der Waals surface area contributed by atoms with Crippen molar-refractivity contribution < 1.29 is 19.0 Å². The molecule has 0 radical (unpaired) electrons. The fourth-order valence-corrected chi connectivity index (χ4v) is 2.57. The molecule has 1 heterocycles. The third-order valence-electron chi connectivity index (χ3n) is 3.67. The van der Waals surface area contributed by atoms with Gasteiger partial charge in [0.2, 0.25) is 0 Å². The van der Waals surface area contributed by atoms with Crippen molar-refractivity contribution in [2.75, 3.05) is 20.2 Å². The van der Waals surface area contributed by atoms with Crippen LogP contribution in [0.25, 0.3) is 6.08 Å². The third kappa shape index (κ3) is 4.12. The van der Waals surface area contributed by atoms with Crippen molar-refractivity contribution in [3.8, 4) is 0 Å². The Labute approximate surface area is 123 Å². The molecule has 1 aromatic rings. The number of aliphatic hydroxyl groups excluding tert-OH is 1. The predicted molar refractivity (Wildman–Crippen MR) is 78.1 cm³/mol. The Hall–Kier alpha value is -1.72. The van der Waals surface area contributed by atoms with Crippen molar-refractivity contribution >= 4 is 12.0 Å². The van der Waals surface area contributed by atoms with E-state index in [2.05, 4.69) is 0 Å². The first-order chi connectivity index (χ1) is 10.1. The zero-order valence-corrected chi connectivity index (χ0v) is 12.0. The zero-order chi connectivity index (χ0) is 15.2. The van der Waals surface area contributed by atoms with Gasteiger partial charge in [-0.1, -0.05) is 24.3 Å². The standard InChI is InChI=1S/C16H20FNO3/c1-21-16(20)15-14(19)5-3-11-18(15)10-2-4-12-6-8-13(17)9-7-12/h2,4,6-9,14-15,19H,3,5,10-11H2,1H3/b4-2+. The third-order valence-corrected chi connectivity index (χ3v) is 3.67. The molecule has 1 N–H and O–H groups in total. The number of esters is 1. The van der Waals surface area contributed by atoms with Crippen molar-refractivity contribution in [1.82, 2.24) is 4.90 Å². The molecule has 2 atom stereocenters. The highest BCUT2D eigenvalue weighted by Crippen LogP contribution is 2.19. The number of rotatable bonds is 4. The predicted octanol–water partition coefficient (Wildman–Crippen LogP) is 1.84. The van der Waals surface area contributed by atoms with Gasteiger partial charge in [0.25, 0.3) is 0 Å². The second-order valence-electron chi connectivity index (χ2n) is 5.13. The van der Waals surface area contributed by atoms with Crippen LogP contribution in [0.15, 0.2) is 30.3 Å². The van der Waals surface area contributed by atoms with Gasteiger partial charge in [-0.2, -0.15) is 0 Å². The van der Waals surface area contributed by atoms with E-state index in [0.29, 0.717) is 13.0 Å². The first-order valence-electron chi connectivity index (χ1n) is 7.04. The Kier molecular flexibility index (Phi) is 5.47. The van der Waals surface area contributed by atoms with Gasteiger partial charge in [-0.25, -0.2) is 4.39 Å². The summed E-state index contributed by atoms with van der Waals surface area (Å²) in [5.74, 6) is -0.672. The molecule has 4 nitrogen and oxygen atoms in total. The van der Waals surface area contributed by atoms with E-state index in [1.54, 1.807) is 12.1 Å². The summed E-state index contributed by atoms with van der Waals surface area (Å²) in [4.78, 5) is 13.7. The van der Waals surface area contributed by atoms with Crippen molar-refractivity contribution in [1.29, 1.82) is 0 Å². The summed E-state index contributed by atoms with van der Waals surface area (Å²) in [7, 11) is 1.33. The fourth-order valence-electron chi connectivity index (χ4n) is 2.57. The minimum Gasteiger partial charge on any atom is -0.468 e. The first kappa shape index (κ1) is 15.7. The van der Waals surface area contributed by atoms with Crippen LogP contribution in [0.3, 0.4) is 0 Å². The zero-order valence-electron chi connectivity index (χ0n) is 12.0. The van der Waals surface area contributed by atoms with E-state index < -0.39 is 18.1 Å². The lowest BCUT2D eigenvalue weighted by Gasteiger charge is -2.36. The normalized spacial score (nSPS) is 23.4. The van der Waals surface area contributed by atoms with Gasteiger partial charge >= 0.3 is 5.97 Å². The van der Waals surface area contributed by atoms with Crippen LogP contribution in [0.1, 0.15) is 18.4 Å². The van der Waals surface area contributed by atoms with Crippen LogP contribution in [0.2, 0.25) is 0 Å². The number of methoxy groups -OCH3 is 1. The molecule has 0 aromatic heterocycles. The topological polar surface area (TPSA) is 49.8 Å². The summed E-state index contributed by atoms with van der Waals surface area (Å²) in [5.41, 5.74) is 0.892. The van der Waals surface area contributed by atoms with Crippen molar-refractivity contribution in [3.05, 3.63) is 41.7 Å². The average Bonchev–Trinajstić information content (AvgIpc) is 2.49. The van der Waals surface area contributed by atoms with Crippen LogP contribution in [-0.2, 0) is 9.53 Å². The second kappa shape index (κ2) is 7.33. The smallest absolute Gasteiger partial charge is 0.325 e.